The Morgan fingerprint density at radius 3 is 2.51 bits per heavy atom. The number of phenolic OH excluding ortho intramolecular Hbond substituents is 1. The van der Waals surface area contributed by atoms with Gasteiger partial charge in [-0.2, -0.15) is 0 Å². The van der Waals surface area contributed by atoms with Crippen LogP contribution < -0.4 is 5.73 Å². The molecule has 5 rings (SSSR count). The van der Waals surface area contributed by atoms with E-state index in [9.17, 15) is 34.8 Å². The van der Waals surface area contributed by atoms with Crippen LogP contribution in [0.1, 0.15) is 29.0 Å². The van der Waals surface area contributed by atoms with E-state index in [1.54, 1.807) is 6.07 Å². The Hall–Kier alpha value is -5.04. The van der Waals surface area contributed by atoms with Crippen molar-refractivity contribution < 1.29 is 39.6 Å². The summed E-state index contributed by atoms with van der Waals surface area (Å²) in [5, 5.41) is 64.5. The van der Waals surface area contributed by atoms with E-state index in [0.717, 1.165) is 23.7 Å². The number of aliphatic hydroxyl groups excluding tert-OH is 2. The highest BCUT2D eigenvalue weighted by Gasteiger charge is 2.64. The lowest BCUT2D eigenvalue weighted by Crippen LogP contribution is -2.65. The van der Waals surface area contributed by atoms with E-state index in [-0.39, 0.29) is 29.7 Å². The topological polar surface area (TPSA) is 231 Å². The number of oxime groups is 1. The quantitative estimate of drug-likeness (QED) is 0.143. The number of aliphatic hydroxyl groups is 3. The molecule has 0 bridgehead atoms. The molecule has 0 aromatic heterocycles. The van der Waals surface area contributed by atoms with Gasteiger partial charge in [0.25, 0.3) is 5.91 Å². The average molecular weight is 562 g/mol. The molecule has 1 saturated carbocycles. The van der Waals surface area contributed by atoms with Crippen molar-refractivity contribution in [2.24, 2.45) is 22.7 Å². The maximum atomic E-state index is 14.0. The second kappa shape index (κ2) is 9.55. The van der Waals surface area contributed by atoms with E-state index in [1.165, 1.54) is 12.1 Å². The van der Waals surface area contributed by atoms with Crippen LogP contribution in [0.4, 0.5) is 0 Å². The van der Waals surface area contributed by atoms with Gasteiger partial charge in [-0.3, -0.25) is 19.8 Å². The molecule has 1 aromatic carbocycles. The lowest BCUT2D eigenvalue weighted by molar-refractivity contribution is -0.152. The van der Waals surface area contributed by atoms with Crippen molar-refractivity contribution in [1.29, 1.82) is 10.8 Å². The number of benzene rings is 1. The molecule has 0 radical (unpaired) electrons. The third kappa shape index (κ3) is 3.58. The number of carbonyl (C=O) groups is 3. The number of hydrogen-bond acceptors (Lipinski definition) is 11. The summed E-state index contributed by atoms with van der Waals surface area (Å²) in [5.74, 6) is -8.65. The van der Waals surface area contributed by atoms with Crippen molar-refractivity contribution in [2.45, 2.75) is 36.5 Å². The van der Waals surface area contributed by atoms with Crippen molar-refractivity contribution in [3.63, 3.8) is 0 Å². The number of fused-ring (bicyclic) bond motifs is 3. The Labute approximate surface area is 233 Å². The van der Waals surface area contributed by atoms with Gasteiger partial charge in [-0.25, -0.2) is 0 Å². The fraction of sp³-hybridized carbons (Fsp3) is 0.286. The number of ketones is 2. The summed E-state index contributed by atoms with van der Waals surface area (Å²) in [6, 6.07) is 1.40. The zero-order valence-corrected chi connectivity index (χ0v) is 21.6. The SMILES string of the molecule is C=CC1=NOC(C=N)C1c1ccc(O)c2c1C[C@H]1C[C@H]3[C@H](N(C=C)C=N)C(=O)C(C(N)=O)=C(O)[C@@]3(O)C(=O)C1=C2O. The predicted octanol–water partition coefficient (Wildman–Crippen LogP) is 1.13. The number of Topliss-reactive ketones (excluding diaryl/α,β-unsaturated/α-hetero) is 2. The summed E-state index contributed by atoms with van der Waals surface area (Å²) in [7, 11) is 0. The summed E-state index contributed by atoms with van der Waals surface area (Å²) in [5.41, 5.74) is 2.48. The molecule has 2 unspecified atom stereocenters. The monoisotopic (exact) mass is 561 g/mol. The zero-order chi connectivity index (χ0) is 30.0. The number of hydrogen-bond donors (Lipinski definition) is 7. The van der Waals surface area contributed by atoms with Crippen LogP contribution in [-0.2, 0) is 25.6 Å². The van der Waals surface area contributed by atoms with Crippen LogP contribution in [-0.4, -0.2) is 78.8 Å². The summed E-state index contributed by atoms with van der Waals surface area (Å²) >= 11 is 0. The molecular weight excluding hydrogens is 534 g/mol. The molecule has 1 fully saturated rings. The standard InChI is InChI=1S/C28H27N5O8/c1-3-15-19(17(9-29)41-32-15)12-5-6-16(34)20-13(12)7-11-8-14-22(33(4-2)10-30)24(36)21(27(31)39)26(38)28(14,40)25(37)18(11)23(20)35/h3-6,9-11,14,17,19,22,29-30,34-35,38,40H,1-2,7-8H2,(H2,31,39)/t11-,14-,17?,19?,22-,28-/m0/s1. The molecule has 6 atom stereocenters. The lowest BCUT2D eigenvalue weighted by atomic mass is 9.57. The van der Waals surface area contributed by atoms with E-state index in [4.69, 9.17) is 21.4 Å². The van der Waals surface area contributed by atoms with Crippen LogP contribution in [0.15, 0.2) is 59.6 Å². The summed E-state index contributed by atoms with van der Waals surface area (Å²) in [6.45, 7) is 7.31. The Bertz CT molecular complexity index is 1550. The number of nitrogens with zero attached hydrogens (tertiary/aromatic N) is 2. The first-order valence-electron chi connectivity index (χ1n) is 12.6. The molecule has 8 N–H and O–H groups in total. The van der Waals surface area contributed by atoms with Crippen LogP contribution in [0, 0.1) is 22.7 Å². The molecule has 13 heteroatoms. The normalized spacial score (nSPS) is 30.4. The molecule has 1 heterocycles. The Kier molecular flexibility index (Phi) is 6.41. The van der Waals surface area contributed by atoms with Crippen LogP contribution in [0.3, 0.4) is 0 Å². The van der Waals surface area contributed by atoms with Crippen molar-refractivity contribution in [3.05, 3.63) is 71.2 Å². The first-order chi connectivity index (χ1) is 19.5. The fourth-order valence-electron chi connectivity index (χ4n) is 6.59. The average Bonchev–Trinajstić information content (AvgIpc) is 3.35. The Balaban J connectivity index is 1.74. The minimum Gasteiger partial charge on any atom is -0.508 e. The van der Waals surface area contributed by atoms with Crippen LogP contribution in [0.25, 0.3) is 5.76 Å². The largest absolute Gasteiger partial charge is 0.508 e. The van der Waals surface area contributed by atoms with Gasteiger partial charge in [0.15, 0.2) is 17.5 Å². The third-order valence-electron chi connectivity index (χ3n) is 8.40. The first-order valence-corrected chi connectivity index (χ1v) is 12.6. The minimum absolute atomic E-state index is 0.0369. The maximum Gasteiger partial charge on any atom is 0.255 e. The highest BCUT2D eigenvalue weighted by Crippen LogP contribution is 2.53. The maximum absolute atomic E-state index is 14.0. The van der Waals surface area contributed by atoms with Gasteiger partial charge in [-0.05, 0) is 48.2 Å². The molecule has 13 nitrogen and oxygen atoms in total. The van der Waals surface area contributed by atoms with Crippen LogP contribution >= 0.6 is 0 Å². The number of nitrogens with one attached hydrogen (secondary N) is 2. The molecule has 0 saturated heterocycles. The van der Waals surface area contributed by atoms with Gasteiger partial charge >= 0.3 is 0 Å². The Morgan fingerprint density at radius 1 is 1.22 bits per heavy atom. The number of allylic oxidation sites excluding steroid dienone is 1. The second-order valence-electron chi connectivity index (χ2n) is 10.2. The zero-order valence-electron chi connectivity index (χ0n) is 21.6. The number of primary amides is 1. The smallest absolute Gasteiger partial charge is 0.255 e. The van der Waals surface area contributed by atoms with Gasteiger partial charge in [-0.15, -0.1) is 0 Å². The number of aromatic hydroxyl groups is 1. The highest BCUT2D eigenvalue weighted by molar-refractivity contribution is 6.25. The molecule has 212 valence electrons. The number of nitrogens with two attached hydrogens (primary N) is 1. The number of amides is 1. The summed E-state index contributed by atoms with van der Waals surface area (Å²) < 4.78 is 0. The molecule has 1 aromatic rings. The third-order valence-corrected chi connectivity index (χ3v) is 8.40. The number of phenols is 1. The van der Waals surface area contributed by atoms with Gasteiger partial charge in [0.1, 0.15) is 28.9 Å². The Morgan fingerprint density at radius 2 is 1.93 bits per heavy atom. The molecular formula is C28H27N5O8. The molecule has 0 spiro atoms. The van der Waals surface area contributed by atoms with Gasteiger partial charge in [0.2, 0.25) is 5.78 Å². The molecule has 3 aliphatic carbocycles. The van der Waals surface area contributed by atoms with Gasteiger partial charge in [0, 0.05) is 17.7 Å². The fourth-order valence-corrected chi connectivity index (χ4v) is 6.59. The van der Waals surface area contributed by atoms with E-state index >= 15 is 0 Å². The van der Waals surface area contributed by atoms with E-state index < -0.39 is 70.1 Å². The van der Waals surface area contributed by atoms with E-state index in [1.807, 2.05) is 0 Å². The van der Waals surface area contributed by atoms with Gasteiger partial charge in [0.05, 0.1) is 23.5 Å². The first kappa shape index (κ1) is 27.5. The summed E-state index contributed by atoms with van der Waals surface area (Å²) in [4.78, 5) is 46.0. The van der Waals surface area contributed by atoms with Crippen molar-refractivity contribution in [1.82, 2.24) is 4.90 Å². The van der Waals surface area contributed by atoms with Crippen LogP contribution in [0.5, 0.6) is 5.75 Å². The molecule has 1 aliphatic heterocycles. The van der Waals surface area contributed by atoms with E-state index in [2.05, 4.69) is 18.3 Å². The lowest BCUT2D eigenvalue weighted by Gasteiger charge is -2.50. The van der Waals surface area contributed by atoms with Crippen LogP contribution in [0.2, 0.25) is 0 Å². The van der Waals surface area contributed by atoms with Gasteiger partial charge in [-0.1, -0.05) is 24.4 Å². The van der Waals surface area contributed by atoms with E-state index in [0.29, 0.717) is 16.8 Å². The predicted molar refractivity (Wildman–Crippen MR) is 145 cm³/mol. The minimum atomic E-state index is -2.86. The highest BCUT2D eigenvalue weighted by atomic mass is 16.6. The molecule has 4 aliphatic rings. The van der Waals surface area contributed by atoms with Crippen molar-refractivity contribution in [2.75, 3.05) is 0 Å². The summed E-state index contributed by atoms with van der Waals surface area (Å²) in [6.07, 6.45) is 3.42. The number of carbonyl (C=O) groups excluding carboxylic acids is 3. The molecule has 41 heavy (non-hydrogen) atoms. The second-order valence-corrected chi connectivity index (χ2v) is 10.2. The van der Waals surface area contributed by atoms with Crippen molar-refractivity contribution in [3.8, 4) is 5.75 Å². The van der Waals surface area contributed by atoms with Gasteiger partial charge < -0.3 is 41.3 Å². The number of rotatable bonds is 7. The van der Waals surface area contributed by atoms with Crippen molar-refractivity contribution >= 4 is 41.5 Å². The molecule has 1 amide bonds.